The van der Waals surface area contributed by atoms with Crippen LogP contribution in [0.1, 0.15) is 20.8 Å². The van der Waals surface area contributed by atoms with Crippen LogP contribution < -0.4 is 0 Å². The monoisotopic (exact) mass is 402 g/mol. The third-order valence-corrected chi connectivity index (χ3v) is 7.13. The van der Waals surface area contributed by atoms with E-state index in [4.69, 9.17) is 11.6 Å². The van der Waals surface area contributed by atoms with Gasteiger partial charge in [-0.2, -0.15) is 0 Å². The fourth-order valence-electron chi connectivity index (χ4n) is 2.06. The zero-order valence-electron chi connectivity index (χ0n) is 9.24. The highest BCUT2D eigenvalue weighted by Gasteiger charge is 2.28. The molecule has 0 unspecified atom stereocenters. The molecule has 2 aromatic carbocycles. The van der Waals surface area contributed by atoms with Gasteiger partial charge in [0.1, 0.15) is 0 Å². The standard InChI is InChI=1S/C14H9Br2ClS/c15-13-9-3-1-2-4-11(9)18-12-6-5-8(17)7-10(12)14(13)16/h1-7,13-14H/t13-,14-/m0/s1. The van der Waals surface area contributed by atoms with Crippen molar-refractivity contribution in [2.24, 2.45) is 0 Å². The minimum absolute atomic E-state index is 0.224. The smallest absolute Gasteiger partial charge is 0.0573 e. The first-order valence-corrected chi connectivity index (χ1v) is 8.54. The molecular formula is C14H9Br2ClS. The van der Waals surface area contributed by atoms with E-state index in [2.05, 4.69) is 62.2 Å². The van der Waals surface area contributed by atoms with Crippen LogP contribution >= 0.6 is 55.2 Å². The van der Waals surface area contributed by atoms with Crippen molar-refractivity contribution < 1.29 is 0 Å². The summed E-state index contributed by atoms with van der Waals surface area (Å²) < 4.78 is 0. The van der Waals surface area contributed by atoms with E-state index >= 15 is 0 Å². The van der Waals surface area contributed by atoms with Crippen molar-refractivity contribution in [3.05, 3.63) is 58.6 Å². The van der Waals surface area contributed by atoms with E-state index in [1.54, 1.807) is 11.8 Å². The van der Waals surface area contributed by atoms with Crippen molar-refractivity contribution in [2.45, 2.75) is 19.4 Å². The molecule has 92 valence electrons. The molecule has 0 aliphatic carbocycles. The van der Waals surface area contributed by atoms with Crippen LogP contribution in [0.4, 0.5) is 0 Å². The van der Waals surface area contributed by atoms with E-state index < -0.39 is 0 Å². The van der Waals surface area contributed by atoms with Gasteiger partial charge in [-0.1, -0.05) is 73.4 Å². The maximum Gasteiger partial charge on any atom is 0.0573 e. The van der Waals surface area contributed by atoms with Crippen LogP contribution in [-0.4, -0.2) is 0 Å². The van der Waals surface area contributed by atoms with Gasteiger partial charge < -0.3 is 0 Å². The van der Waals surface area contributed by atoms with Gasteiger partial charge in [0.15, 0.2) is 0 Å². The molecule has 0 saturated carbocycles. The highest BCUT2D eigenvalue weighted by molar-refractivity contribution is 9.12. The van der Waals surface area contributed by atoms with Gasteiger partial charge in [-0.3, -0.25) is 0 Å². The van der Waals surface area contributed by atoms with Crippen molar-refractivity contribution in [2.75, 3.05) is 0 Å². The van der Waals surface area contributed by atoms with E-state index in [-0.39, 0.29) is 9.65 Å². The Kier molecular flexibility index (Phi) is 3.77. The lowest BCUT2D eigenvalue weighted by molar-refractivity contribution is 0.907. The minimum atomic E-state index is 0.224. The Labute approximate surface area is 132 Å². The predicted molar refractivity (Wildman–Crippen MR) is 85.4 cm³/mol. The average Bonchev–Trinajstić information content (AvgIpc) is 2.48. The Bertz CT molecular complexity index is 600. The normalized spacial score (nSPS) is 21.9. The molecule has 1 heterocycles. The second kappa shape index (κ2) is 5.20. The number of fused-ring (bicyclic) bond motifs is 2. The van der Waals surface area contributed by atoms with Crippen molar-refractivity contribution >= 4 is 55.2 Å². The summed E-state index contributed by atoms with van der Waals surface area (Å²) in [6.07, 6.45) is 0. The lowest BCUT2D eigenvalue weighted by atomic mass is 10.0. The first-order valence-electron chi connectivity index (χ1n) is 5.51. The Morgan fingerprint density at radius 3 is 2.39 bits per heavy atom. The zero-order valence-corrected chi connectivity index (χ0v) is 14.0. The number of halogens is 3. The molecule has 18 heavy (non-hydrogen) atoms. The second-order valence-corrected chi connectivity index (χ2v) is 7.62. The van der Waals surface area contributed by atoms with E-state index in [0.29, 0.717) is 0 Å². The molecule has 3 rings (SSSR count). The maximum atomic E-state index is 6.11. The molecular weight excluding hydrogens is 395 g/mol. The summed E-state index contributed by atoms with van der Waals surface area (Å²) in [4.78, 5) is 3.03. The van der Waals surface area contributed by atoms with Crippen molar-refractivity contribution in [3.63, 3.8) is 0 Å². The summed E-state index contributed by atoms with van der Waals surface area (Å²) in [5.41, 5.74) is 2.56. The number of hydrogen-bond donors (Lipinski definition) is 0. The van der Waals surface area contributed by atoms with Gasteiger partial charge in [-0.25, -0.2) is 0 Å². The van der Waals surface area contributed by atoms with Crippen LogP contribution in [0.25, 0.3) is 0 Å². The van der Waals surface area contributed by atoms with Gasteiger partial charge in [0, 0.05) is 14.8 Å². The summed E-state index contributed by atoms with van der Waals surface area (Å²) >= 11 is 15.5. The molecule has 0 N–H and O–H groups in total. The molecule has 4 heteroatoms. The van der Waals surface area contributed by atoms with Crippen LogP contribution in [-0.2, 0) is 0 Å². The van der Waals surface area contributed by atoms with Gasteiger partial charge in [0.25, 0.3) is 0 Å². The topological polar surface area (TPSA) is 0 Å². The molecule has 0 nitrogen and oxygen atoms in total. The summed E-state index contributed by atoms with van der Waals surface area (Å²) in [7, 11) is 0. The van der Waals surface area contributed by atoms with E-state index in [9.17, 15) is 0 Å². The van der Waals surface area contributed by atoms with Gasteiger partial charge in [0.2, 0.25) is 0 Å². The highest BCUT2D eigenvalue weighted by atomic mass is 79.9. The molecule has 1 aliphatic heterocycles. The summed E-state index contributed by atoms with van der Waals surface area (Å²) in [6.45, 7) is 0. The largest absolute Gasteiger partial charge is 0.0894 e. The summed E-state index contributed by atoms with van der Waals surface area (Å²) in [5.74, 6) is 0. The number of alkyl halides is 2. The van der Waals surface area contributed by atoms with Crippen LogP contribution in [0.5, 0.6) is 0 Å². The highest BCUT2D eigenvalue weighted by Crippen LogP contribution is 2.52. The Hall–Kier alpha value is 0.0400. The van der Waals surface area contributed by atoms with Crippen LogP contribution in [0, 0.1) is 0 Å². The third-order valence-electron chi connectivity index (χ3n) is 2.96. The molecule has 0 spiro atoms. The van der Waals surface area contributed by atoms with Crippen LogP contribution in [0.2, 0.25) is 5.02 Å². The fraction of sp³-hybridized carbons (Fsp3) is 0.143. The molecule has 0 amide bonds. The average molecular weight is 405 g/mol. The number of hydrogen-bond acceptors (Lipinski definition) is 1. The quantitative estimate of drug-likeness (QED) is 0.459. The SMILES string of the molecule is Clc1ccc2c(c1)[C@H](Br)[C@@H](Br)c1ccccc1S2. The van der Waals surface area contributed by atoms with Crippen molar-refractivity contribution in [3.8, 4) is 0 Å². The second-order valence-electron chi connectivity index (χ2n) is 4.13. The van der Waals surface area contributed by atoms with Gasteiger partial charge in [-0.05, 0) is 35.4 Å². The molecule has 0 aromatic heterocycles. The molecule has 2 aromatic rings. The molecule has 0 fully saturated rings. The summed E-state index contributed by atoms with van der Waals surface area (Å²) in [6, 6.07) is 14.6. The Balaban J connectivity index is 2.20. The minimum Gasteiger partial charge on any atom is -0.0894 e. The lowest BCUT2D eigenvalue weighted by Crippen LogP contribution is -1.98. The third kappa shape index (κ3) is 2.26. The summed E-state index contributed by atoms with van der Waals surface area (Å²) in [5, 5.41) is 0.782. The predicted octanol–water partition coefficient (Wildman–Crippen LogP) is 6.38. The van der Waals surface area contributed by atoms with Crippen molar-refractivity contribution in [1.29, 1.82) is 0 Å². The molecule has 2 atom stereocenters. The molecule has 1 aliphatic rings. The number of rotatable bonds is 0. The van der Waals surface area contributed by atoms with Gasteiger partial charge in [-0.15, -0.1) is 0 Å². The van der Waals surface area contributed by atoms with Gasteiger partial charge in [0.05, 0.1) is 9.65 Å². The fourth-order valence-corrected chi connectivity index (χ4v) is 5.03. The van der Waals surface area contributed by atoms with Gasteiger partial charge >= 0.3 is 0 Å². The maximum absolute atomic E-state index is 6.11. The molecule has 0 radical (unpaired) electrons. The molecule has 0 saturated heterocycles. The van der Waals surface area contributed by atoms with E-state index in [1.807, 2.05) is 12.1 Å². The lowest BCUT2D eigenvalue weighted by Gasteiger charge is -2.16. The van der Waals surface area contributed by atoms with Crippen LogP contribution in [0.3, 0.4) is 0 Å². The Morgan fingerprint density at radius 1 is 0.889 bits per heavy atom. The van der Waals surface area contributed by atoms with E-state index in [1.165, 1.54) is 20.9 Å². The first-order chi connectivity index (χ1) is 8.66. The first kappa shape index (κ1) is 13.0. The zero-order chi connectivity index (χ0) is 12.7. The van der Waals surface area contributed by atoms with E-state index in [0.717, 1.165) is 5.02 Å². The Morgan fingerprint density at radius 2 is 1.56 bits per heavy atom. The number of benzene rings is 2. The molecule has 0 bridgehead atoms. The van der Waals surface area contributed by atoms with Crippen molar-refractivity contribution in [1.82, 2.24) is 0 Å². The van der Waals surface area contributed by atoms with Crippen LogP contribution in [0.15, 0.2) is 52.3 Å².